The van der Waals surface area contributed by atoms with Crippen molar-refractivity contribution in [3.8, 4) is 5.75 Å². The first-order valence-electron chi connectivity index (χ1n) is 11.9. The van der Waals surface area contributed by atoms with Gasteiger partial charge in [0.05, 0.1) is 21.6 Å². The van der Waals surface area contributed by atoms with Crippen molar-refractivity contribution in [1.29, 1.82) is 0 Å². The summed E-state index contributed by atoms with van der Waals surface area (Å²) in [7, 11) is 0. The number of fused-ring (bicyclic) bond motifs is 2. The van der Waals surface area contributed by atoms with Gasteiger partial charge in [-0.1, -0.05) is 62.8 Å². The molecule has 0 aliphatic carbocycles. The summed E-state index contributed by atoms with van der Waals surface area (Å²) < 4.78 is 6.93. The van der Waals surface area contributed by atoms with Gasteiger partial charge in [0.25, 0.3) is 5.69 Å². The molecule has 2 amide bonds. The SMILES string of the molecule is O=C1C2Sc3[nH]c(=O)sc3C(c3cc([N+](=O)[O-])ccc3OCc3cccc(Cl)c3)C2C(=O)N1c1ccc(Br)cc1. The number of amides is 2. The van der Waals surface area contributed by atoms with Gasteiger partial charge in [-0.3, -0.25) is 24.5 Å². The molecular formula is C27H17BrClN3O6S2. The molecule has 1 saturated heterocycles. The fourth-order valence-electron chi connectivity index (χ4n) is 5.01. The number of H-pyrrole nitrogens is 1. The van der Waals surface area contributed by atoms with Crippen LogP contribution in [0.1, 0.15) is 21.9 Å². The molecule has 3 unspecified atom stereocenters. The van der Waals surface area contributed by atoms with Crippen molar-refractivity contribution in [2.45, 2.75) is 22.8 Å². The number of anilines is 1. The molecule has 2 aliphatic heterocycles. The number of rotatable bonds is 6. The maximum atomic E-state index is 14.0. The van der Waals surface area contributed by atoms with E-state index in [2.05, 4.69) is 20.9 Å². The average Bonchev–Trinajstić information content (AvgIpc) is 3.42. The molecule has 3 aromatic carbocycles. The van der Waals surface area contributed by atoms with Crippen LogP contribution in [-0.4, -0.2) is 27.0 Å². The van der Waals surface area contributed by atoms with Crippen LogP contribution in [0.3, 0.4) is 0 Å². The quantitative estimate of drug-likeness (QED) is 0.150. The van der Waals surface area contributed by atoms with Gasteiger partial charge in [0.1, 0.15) is 17.6 Å². The Morgan fingerprint density at radius 2 is 1.82 bits per heavy atom. The summed E-state index contributed by atoms with van der Waals surface area (Å²) in [6.45, 7) is 0.106. The molecular weight excluding hydrogens is 642 g/mol. The molecule has 40 heavy (non-hydrogen) atoms. The van der Waals surface area contributed by atoms with Crippen LogP contribution >= 0.6 is 50.6 Å². The molecule has 0 saturated carbocycles. The van der Waals surface area contributed by atoms with Crippen molar-refractivity contribution in [3.63, 3.8) is 0 Å². The summed E-state index contributed by atoms with van der Waals surface area (Å²) in [6.07, 6.45) is 0. The van der Waals surface area contributed by atoms with Gasteiger partial charge in [-0.05, 0) is 48.0 Å². The number of thiazole rings is 1. The number of nitro benzene ring substituents is 1. The maximum Gasteiger partial charge on any atom is 0.305 e. The standard InChI is InChI=1S/C27H17BrClN3O6S2/c28-14-4-6-16(7-5-14)31-25(33)21-20(22-24(30-27(35)40-22)39-23(21)26(31)34)18-11-17(32(36)37)8-9-19(18)38-12-13-2-1-3-15(29)10-13/h1-11,20-21,23H,12H2,(H,30,35). The summed E-state index contributed by atoms with van der Waals surface area (Å²) >= 11 is 11.5. The zero-order chi connectivity index (χ0) is 28.1. The van der Waals surface area contributed by atoms with Gasteiger partial charge in [-0.15, -0.1) is 0 Å². The molecule has 3 heterocycles. The lowest BCUT2D eigenvalue weighted by atomic mass is 9.82. The van der Waals surface area contributed by atoms with Gasteiger partial charge >= 0.3 is 4.87 Å². The number of ether oxygens (including phenoxy) is 1. The van der Waals surface area contributed by atoms with E-state index in [-0.39, 0.29) is 17.2 Å². The lowest BCUT2D eigenvalue weighted by molar-refractivity contribution is -0.385. The minimum atomic E-state index is -0.921. The number of nitro groups is 1. The number of non-ortho nitro benzene ring substituents is 1. The summed E-state index contributed by atoms with van der Waals surface area (Å²) in [4.78, 5) is 55.5. The number of thioether (sulfide) groups is 1. The highest BCUT2D eigenvalue weighted by molar-refractivity contribution is 9.10. The van der Waals surface area contributed by atoms with Gasteiger partial charge in [0, 0.05) is 38.0 Å². The molecule has 1 fully saturated rings. The number of aromatic amines is 1. The van der Waals surface area contributed by atoms with Crippen molar-refractivity contribution >= 4 is 73.8 Å². The Hall–Kier alpha value is -3.45. The van der Waals surface area contributed by atoms with Gasteiger partial charge in [0.15, 0.2) is 0 Å². The van der Waals surface area contributed by atoms with Crippen molar-refractivity contribution in [2.75, 3.05) is 4.90 Å². The average molecular weight is 659 g/mol. The lowest BCUT2D eigenvalue weighted by Crippen LogP contribution is -2.32. The van der Waals surface area contributed by atoms with Crippen LogP contribution in [0.4, 0.5) is 11.4 Å². The largest absolute Gasteiger partial charge is 0.489 e. The lowest BCUT2D eigenvalue weighted by Gasteiger charge is -2.30. The first kappa shape index (κ1) is 26.8. The van der Waals surface area contributed by atoms with Crippen LogP contribution in [0.2, 0.25) is 5.02 Å². The van der Waals surface area contributed by atoms with E-state index >= 15 is 0 Å². The molecule has 3 atom stereocenters. The predicted molar refractivity (Wildman–Crippen MR) is 155 cm³/mol. The van der Waals surface area contributed by atoms with E-state index in [9.17, 15) is 24.5 Å². The molecule has 4 aromatic rings. The second-order valence-corrected chi connectivity index (χ2v) is 12.7. The zero-order valence-electron chi connectivity index (χ0n) is 20.2. The van der Waals surface area contributed by atoms with Crippen LogP contribution in [0.15, 0.2) is 81.0 Å². The summed E-state index contributed by atoms with van der Waals surface area (Å²) in [5, 5.41) is 11.9. The van der Waals surface area contributed by atoms with Gasteiger partial charge in [-0.2, -0.15) is 0 Å². The van der Waals surface area contributed by atoms with Gasteiger partial charge in [-0.25, -0.2) is 4.90 Å². The summed E-state index contributed by atoms with van der Waals surface area (Å²) in [5.74, 6) is -2.33. The number of aromatic nitrogens is 1. The fourth-order valence-corrected chi connectivity index (χ4v) is 7.99. The van der Waals surface area contributed by atoms with E-state index in [1.165, 1.54) is 18.2 Å². The molecule has 0 bridgehead atoms. The van der Waals surface area contributed by atoms with Crippen molar-refractivity contribution in [2.24, 2.45) is 5.92 Å². The Kier molecular flexibility index (Phi) is 7.03. The monoisotopic (exact) mass is 657 g/mol. The molecule has 1 N–H and O–H groups in total. The number of nitrogens with one attached hydrogen (secondary N) is 1. The molecule has 202 valence electrons. The third kappa shape index (κ3) is 4.74. The summed E-state index contributed by atoms with van der Waals surface area (Å²) in [6, 6.07) is 18.1. The smallest absolute Gasteiger partial charge is 0.305 e. The Balaban J connectivity index is 1.48. The fraction of sp³-hybridized carbons (Fsp3) is 0.148. The van der Waals surface area contributed by atoms with E-state index in [1.54, 1.807) is 42.5 Å². The predicted octanol–water partition coefficient (Wildman–Crippen LogP) is 6.14. The van der Waals surface area contributed by atoms with Crippen molar-refractivity contribution < 1.29 is 19.2 Å². The first-order chi connectivity index (χ1) is 19.2. The number of imide groups is 1. The minimum absolute atomic E-state index is 0.106. The zero-order valence-corrected chi connectivity index (χ0v) is 24.2. The third-order valence-electron chi connectivity index (χ3n) is 6.73. The van der Waals surface area contributed by atoms with E-state index in [1.807, 2.05) is 6.07 Å². The van der Waals surface area contributed by atoms with Crippen LogP contribution in [0.25, 0.3) is 0 Å². The number of halogens is 2. The number of hydrogen-bond acceptors (Lipinski definition) is 8. The number of benzene rings is 3. The van der Waals surface area contributed by atoms with Crippen LogP contribution < -0.4 is 14.5 Å². The number of hydrogen-bond donors (Lipinski definition) is 1. The van der Waals surface area contributed by atoms with Crippen molar-refractivity contribution in [1.82, 2.24) is 4.98 Å². The Bertz CT molecular complexity index is 1740. The topological polar surface area (TPSA) is 123 Å². The molecule has 9 nitrogen and oxygen atoms in total. The Morgan fingerprint density at radius 3 is 2.55 bits per heavy atom. The molecule has 6 rings (SSSR count). The second kappa shape index (κ2) is 10.5. The minimum Gasteiger partial charge on any atom is -0.489 e. The molecule has 0 radical (unpaired) electrons. The highest BCUT2D eigenvalue weighted by atomic mass is 79.9. The van der Waals surface area contributed by atoms with Crippen molar-refractivity contribution in [3.05, 3.63) is 112 Å². The third-order valence-corrected chi connectivity index (χ3v) is 9.90. The van der Waals surface area contributed by atoms with Crippen LogP contribution in [0, 0.1) is 16.0 Å². The van der Waals surface area contributed by atoms with Crippen LogP contribution in [0.5, 0.6) is 5.75 Å². The number of nitrogens with zero attached hydrogens (tertiary/aromatic N) is 2. The molecule has 1 aromatic heterocycles. The molecule has 2 aliphatic rings. The normalized spacial score (nSPS) is 19.9. The van der Waals surface area contributed by atoms with Gasteiger partial charge < -0.3 is 9.72 Å². The van der Waals surface area contributed by atoms with Gasteiger partial charge in [0.2, 0.25) is 11.8 Å². The summed E-state index contributed by atoms with van der Waals surface area (Å²) in [5.41, 5.74) is 1.34. The highest BCUT2D eigenvalue weighted by Crippen LogP contribution is 2.55. The molecule has 13 heteroatoms. The maximum absolute atomic E-state index is 14.0. The molecule has 0 spiro atoms. The van der Waals surface area contributed by atoms with E-state index in [0.29, 0.717) is 31.9 Å². The highest BCUT2D eigenvalue weighted by Gasteiger charge is 2.57. The van der Waals surface area contributed by atoms with E-state index < -0.39 is 33.8 Å². The Morgan fingerprint density at radius 1 is 1.05 bits per heavy atom. The van der Waals surface area contributed by atoms with Crippen LogP contribution in [-0.2, 0) is 16.2 Å². The second-order valence-electron chi connectivity index (χ2n) is 9.14. The van der Waals surface area contributed by atoms with E-state index in [0.717, 1.165) is 38.0 Å². The number of carbonyl (C=O) groups is 2. The Labute approximate surface area is 248 Å². The number of carbonyl (C=O) groups excluding carboxylic acids is 2. The van der Waals surface area contributed by atoms with E-state index in [4.69, 9.17) is 16.3 Å². The first-order valence-corrected chi connectivity index (χ1v) is 14.8.